The summed E-state index contributed by atoms with van der Waals surface area (Å²) in [6.07, 6.45) is 0.0461. The quantitative estimate of drug-likeness (QED) is 0.651. The van der Waals surface area contributed by atoms with Crippen LogP contribution in [0.1, 0.15) is 5.69 Å². The van der Waals surface area contributed by atoms with E-state index in [-0.39, 0.29) is 27.9 Å². The lowest BCUT2D eigenvalue weighted by atomic mass is 10.2. The van der Waals surface area contributed by atoms with Gasteiger partial charge in [0.25, 0.3) is 0 Å². The smallest absolute Gasteiger partial charge is 0.411 e. The molecule has 0 radical (unpaired) electrons. The molecule has 0 saturated carbocycles. The third kappa shape index (κ3) is 2.80. The van der Waals surface area contributed by atoms with Gasteiger partial charge in [-0.2, -0.15) is 5.26 Å². The highest BCUT2D eigenvalue weighted by Gasteiger charge is 2.19. The molecule has 120 valence electrons. The van der Waals surface area contributed by atoms with E-state index in [1.807, 2.05) is 6.07 Å². The van der Waals surface area contributed by atoms with Crippen molar-refractivity contribution in [3.05, 3.63) is 47.0 Å². The molecule has 1 amide bonds. The lowest BCUT2D eigenvalue weighted by Crippen LogP contribution is -2.07. The number of fused-ring (bicyclic) bond motifs is 1. The number of carboxylic acid groups (broad SMARTS) is 1. The largest absolute Gasteiger partial charge is 0.465 e. The van der Waals surface area contributed by atoms with E-state index in [4.69, 9.17) is 26.4 Å². The van der Waals surface area contributed by atoms with Crippen molar-refractivity contribution in [3.8, 4) is 6.07 Å². The molecule has 0 bridgehead atoms. The monoisotopic (exact) mass is 346 g/mol. The number of anilines is 3. The Morgan fingerprint density at radius 3 is 2.88 bits per heavy atom. The first-order valence-electron chi connectivity index (χ1n) is 6.53. The molecular weight excluding hydrogens is 339 g/mol. The van der Waals surface area contributed by atoms with Gasteiger partial charge in [-0.05, 0) is 24.3 Å². The Morgan fingerprint density at radius 1 is 1.42 bits per heavy atom. The molecule has 7 nitrogen and oxygen atoms in total. The van der Waals surface area contributed by atoms with Gasteiger partial charge in [-0.1, -0.05) is 11.6 Å². The number of nitriles is 1. The Bertz CT molecular complexity index is 996. The molecular formula is C15H8ClFN4O3. The fourth-order valence-corrected chi connectivity index (χ4v) is 2.31. The first-order valence-corrected chi connectivity index (χ1v) is 6.91. The van der Waals surface area contributed by atoms with Gasteiger partial charge in [0.1, 0.15) is 17.6 Å². The van der Waals surface area contributed by atoms with Crippen LogP contribution in [0.4, 0.5) is 26.4 Å². The number of hydrogen-bond donors (Lipinski definition) is 3. The molecule has 0 aliphatic rings. The van der Waals surface area contributed by atoms with Crippen molar-refractivity contribution in [2.24, 2.45) is 0 Å². The van der Waals surface area contributed by atoms with Crippen LogP contribution in [0.5, 0.6) is 0 Å². The number of carbonyl (C=O) groups is 1. The maximum atomic E-state index is 13.3. The number of pyridine rings is 1. The lowest BCUT2D eigenvalue weighted by Gasteiger charge is -2.07. The molecule has 0 saturated heterocycles. The first-order chi connectivity index (χ1) is 11.5. The summed E-state index contributed by atoms with van der Waals surface area (Å²) in [4.78, 5) is 14.8. The van der Waals surface area contributed by atoms with Crippen LogP contribution in [0.2, 0.25) is 5.02 Å². The van der Waals surface area contributed by atoms with Crippen LogP contribution in [0.15, 0.2) is 34.9 Å². The number of furan rings is 1. The van der Waals surface area contributed by atoms with Crippen molar-refractivity contribution in [1.29, 1.82) is 5.26 Å². The zero-order valence-corrected chi connectivity index (χ0v) is 12.6. The zero-order valence-electron chi connectivity index (χ0n) is 11.8. The lowest BCUT2D eigenvalue weighted by molar-refractivity contribution is 0.209. The number of amides is 1. The van der Waals surface area contributed by atoms with Crippen molar-refractivity contribution in [2.75, 3.05) is 10.6 Å². The van der Waals surface area contributed by atoms with Gasteiger partial charge >= 0.3 is 6.09 Å². The van der Waals surface area contributed by atoms with Crippen LogP contribution in [0.3, 0.4) is 0 Å². The van der Waals surface area contributed by atoms with Crippen LogP contribution in [0, 0.1) is 17.1 Å². The zero-order chi connectivity index (χ0) is 17.3. The number of nitrogens with one attached hydrogen (secondary N) is 2. The standard InChI is InChI=1S/C15H8ClFN4O3/c16-9-5-7(1-2-10(9)17)20-12-8-3-4-19-11(6-18)13(8)24-14(12)21-15(22)23/h1-5,20-21H,(H,22,23). The van der Waals surface area contributed by atoms with E-state index in [9.17, 15) is 9.18 Å². The summed E-state index contributed by atoms with van der Waals surface area (Å²) < 4.78 is 18.7. The average molecular weight is 347 g/mol. The number of aromatic nitrogens is 1. The molecule has 2 aromatic heterocycles. The van der Waals surface area contributed by atoms with E-state index in [0.29, 0.717) is 11.1 Å². The summed E-state index contributed by atoms with van der Waals surface area (Å²) in [5, 5.41) is 23.4. The second-order valence-corrected chi connectivity index (χ2v) is 5.05. The van der Waals surface area contributed by atoms with Crippen molar-refractivity contribution in [3.63, 3.8) is 0 Å². The Morgan fingerprint density at radius 2 is 2.21 bits per heavy atom. The minimum atomic E-state index is -1.35. The summed E-state index contributed by atoms with van der Waals surface area (Å²) >= 11 is 5.74. The van der Waals surface area contributed by atoms with Gasteiger partial charge in [0.15, 0.2) is 11.3 Å². The Balaban J connectivity index is 2.15. The van der Waals surface area contributed by atoms with Crippen molar-refractivity contribution < 1.29 is 18.7 Å². The highest BCUT2D eigenvalue weighted by Crippen LogP contribution is 2.38. The normalized spacial score (nSPS) is 10.4. The average Bonchev–Trinajstić information content (AvgIpc) is 2.88. The molecule has 0 aliphatic heterocycles. The highest BCUT2D eigenvalue weighted by molar-refractivity contribution is 6.31. The summed E-state index contributed by atoms with van der Waals surface area (Å²) in [5.74, 6) is -0.707. The maximum absolute atomic E-state index is 13.3. The van der Waals surface area contributed by atoms with Crippen LogP contribution in [0.25, 0.3) is 11.0 Å². The van der Waals surface area contributed by atoms with Gasteiger partial charge in [-0.15, -0.1) is 0 Å². The summed E-state index contributed by atoms with van der Waals surface area (Å²) in [7, 11) is 0. The Hall–Kier alpha value is -3.31. The molecule has 0 unspecified atom stereocenters. The number of benzene rings is 1. The van der Waals surface area contributed by atoms with Gasteiger partial charge in [0, 0.05) is 11.9 Å². The molecule has 3 rings (SSSR count). The summed E-state index contributed by atoms with van der Waals surface area (Å²) in [6.45, 7) is 0. The molecule has 0 fully saturated rings. The fraction of sp³-hybridized carbons (Fsp3) is 0. The predicted molar refractivity (Wildman–Crippen MR) is 85.1 cm³/mol. The molecule has 0 aliphatic carbocycles. The maximum Gasteiger partial charge on any atom is 0.411 e. The number of hydrogen-bond acceptors (Lipinski definition) is 5. The summed E-state index contributed by atoms with van der Waals surface area (Å²) in [6, 6.07) is 7.36. The molecule has 0 spiro atoms. The second-order valence-electron chi connectivity index (χ2n) is 4.64. The topological polar surface area (TPSA) is 111 Å². The number of halogens is 2. The molecule has 9 heteroatoms. The molecule has 24 heavy (non-hydrogen) atoms. The third-order valence-corrected chi connectivity index (χ3v) is 3.41. The van der Waals surface area contributed by atoms with Gasteiger partial charge in [-0.25, -0.2) is 14.2 Å². The van der Waals surface area contributed by atoms with Crippen LogP contribution in [-0.4, -0.2) is 16.2 Å². The predicted octanol–water partition coefficient (Wildman–Crippen LogP) is 4.33. The molecule has 0 atom stereocenters. The molecule has 3 N–H and O–H groups in total. The Labute approximate surface area is 139 Å². The molecule has 3 aromatic rings. The van der Waals surface area contributed by atoms with Crippen molar-refractivity contribution in [2.45, 2.75) is 0 Å². The van der Waals surface area contributed by atoms with Gasteiger partial charge in [0.2, 0.25) is 5.88 Å². The van der Waals surface area contributed by atoms with E-state index in [1.54, 1.807) is 6.07 Å². The van der Waals surface area contributed by atoms with Crippen LogP contribution < -0.4 is 10.6 Å². The first kappa shape index (κ1) is 15.6. The minimum absolute atomic E-state index is 0.00567. The third-order valence-electron chi connectivity index (χ3n) is 3.12. The van der Waals surface area contributed by atoms with E-state index in [0.717, 1.165) is 0 Å². The van der Waals surface area contributed by atoms with Crippen LogP contribution >= 0.6 is 11.6 Å². The Kier molecular flexibility index (Phi) is 3.93. The van der Waals surface area contributed by atoms with Crippen molar-refractivity contribution >= 4 is 45.9 Å². The SMILES string of the molecule is N#Cc1nccc2c(Nc3ccc(F)c(Cl)c3)c(NC(=O)O)oc12. The van der Waals surface area contributed by atoms with E-state index < -0.39 is 11.9 Å². The number of rotatable bonds is 3. The van der Waals surface area contributed by atoms with Crippen LogP contribution in [-0.2, 0) is 0 Å². The molecule has 1 aromatic carbocycles. The highest BCUT2D eigenvalue weighted by atomic mass is 35.5. The summed E-state index contributed by atoms with van der Waals surface area (Å²) in [5.41, 5.74) is 0.799. The van der Waals surface area contributed by atoms with E-state index >= 15 is 0 Å². The second kappa shape index (κ2) is 6.06. The minimum Gasteiger partial charge on any atom is -0.465 e. The van der Waals surface area contributed by atoms with Gasteiger partial charge < -0.3 is 14.8 Å². The van der Waals surface area contributed by atoms with Gasteiger partial charge in [-0.3, -0.25) is 5.32 Å². The van der Waals surface area contributed by atoms with E-state index in [1.165, 1.54) is 24.4 Å². The van der Waals surface area contributed by atoms with Gasteiger partial charge in [0.05, 0.1) is 10.4 Å². The van der Waals surface area contributed by atoms with E-state index in [2.05, 4.69) is 15.6 Å². The fourth-order valence-electron chi connectivity index (χ4n) is 2.13. The van der Waals surface area contributed by atoms with Crippen molar-refractivity contribution in [1.82, 2.24) is 4.98 Å². The number of nitrogens with zero attached hydrogens (tertiary/aromatic N) is 2. The molecule has 2 heterocycles.